The molecule has 1 aromatic rings. The van der Waals surface area contributed by atoms with Crippen molar-refractivity contribution in [2.75, 3.05) is 25.4 Å². The van der Waals surface area contributed by atoms with Crippen LogP contribution in [-0.2, 0) is 9.53 Å². The molecule has 0 saturated carbocycles. The van der Waals surface area contributed by atoms with Gasteiger partial charge in [0.15, 0.2) is 0 Å². The van der Waals surface area contributed by atoms with Crippen LogP contribution in [0.2, 0.25) is 0 Å². The van der Waals surface area contributed by atoms with Crippen molar-refractivity contribution in [1.82, 2.24) is 4.90 Å². The van der Waals surface area contributed by atoms with Crippen LogP contribution in [-0.4, -0.2) is 36.5 Å². The number of nitrogens with zero attached hydrogens (tertiary/aromatic N) is 1. The topological polar surface area (TPSA) is 72.6 Å². The van der Waals surface area contributed by atoms with E-state index in [1.54, 1.807) is 32.0 Å². The number of ether oxygens (including phenoxy) is 1. The Labute approximate surface area is 119 Å². The van der Waals surface area contributed by atoms with Crippen molar-refractivity contribution in [3.63, 3.8) is 0 Å². The fraction of sp³-hybridized carbons (Fsp3) is 0.467. The second-order valence-electron chi connectivity index (χ2n) is 4.55. The average Bonchev–Trinajstić information content (AvgIpc) is 2.41. The zero-order valence-electron chi connectivity index (χ0n) is 12.3. The van der Waals surface area contributed by atoms with Gasteiger partial charge in [-0.15, -0.1) is 0 Å². The van der Waals surface area contributed by atoms with Crippen LogP contribution in [0.25, 0.3) is 0 Å². The van der Waals surface area contributed by atoms with E-state index in [1.807, 2.05) is 6.92 Å². The van der Waals surface area contributed by atoms with E-state index in [2.05, 4.69) is 0 Å². The fourth-order valence-corrected chi connectivity index (χ4v) is 1.94. The molecule has 0 aromatic heterocycles. The number of nitrogens with two attached hydrogens (primary N) is 1. The highest BCUT2D eigenvalue weighted by molar-refractivity contribution is 5.98. The van der Waals surface area contributed by atoms with Gasteiger partial charge in [0.2, 0.25) is 0 Å². The first-order valence-corrected chi connectivity index (χ1v) is 6.81. The Morgan fingerprint density at radius 3 is 2.60 bits per heavy atom. The summed E-state index contributed by atoms with van der Waals surface area (Å²) in [6, 6.07) is 5.22. The van der Waals surface area contributed by atoms with Crippen molar-refractivity contribution in [2.24, 2.45) is 0 Å². The molecule has 0 spiro atoms. The van der Waals surface area contributed by atoms with Crippen molar-refractivity contribution in [1.29, 1.82) is 0 Å². The van der Waals surface area contributed by atoms with Crippen molar-refractivity contribution in [2.45, 2.75) is 27.2 Å². The van der Waals surface area contributed by atoms with E-state index in [-0.39, 0.29) is 12.5 Å². The molecule has 5 nitrogen and oxygen atoms in total. The van der Waals surface area contributed by atoms with Gasteiger partial charge in [-0.2, -0.15) is 0 Å². The number of anilines is 1. The Hall–Kier alpha value is -2.04. The fourth-order valence-electron chi connectivity index (χ4n) is 1.94. The highest BCUT2D eigenvalue weighted by atomic mass is 16.5. The number of amides is 1. The summed E-state index contributed by atoms with van der Waals surface area (Å²) in [6.07, 6.45) is 0.770. The van der Waals surface area contributed by atoms with Gasteiger partial charge in [-0.05, 0) is 38.0 Å². The number of esters is 1. The molecule has 0 atom stereocenters. The van der Waals surface area contributed by atoms with Crippen molar-refractivity contribution >= 4 is 17.6 Å². The lowest BCUT2D eigenvalue weighted by molar-refractivity contribution is -0.143. The van der Waals surface area contributed by atoms with Crippen LogP contribution < -0.4 is 5.73 Å². The smallest absolute Gasteiger partial charge is 0.325 e. The molecule has 0 heterocycles. The van der Waals surface area contributed by atoms with Crippen molar-refractivity contribution in [3.8, 4) is 0 Å². The summed E-state index contributed by atoms with van der Waals surface area (Å²) in [4.78, 5) is 25.6. The highest BCUT2D eigenvalue weighted by Crippen LogP contribution is 2.17. The van der Waals surface area contributed by atoms with Crippen molar-refractivity contribution < 1.29 is 14.3 Å². The molecule has 1 amide bonds. The van der Waals surface area contributed by atoms with E-state index in [4.69, 9.17) is 10.5 Å². The zero-order valence-corrected chi connectivity index (χ0v) is 12.3. The lowest BCUT2D eigenvalue weighted by Crippen LogP contribution is -2.37. The number of hydrogen-bond donors (Lipinski definition) is 1. The lowest BCUT2D eigenvalue weighted by Gasteiger charge is -2.22. The molecule has 0 fully saturated rings. The Bertz CT molecular complexity index is 486. The van der Waals surface area contributed by atoms with Crippen LogP contribution in [0.4, 0.5) is 5.69 Å². The number of benzene rings is 1. The Balaban J connectivity index is 2.93. The third-order valence-corrected chi connectivity index (χ3v) is 3.01. The monoisotopic (exact) mass is 278 g/mol. The quantitative estimate of drug-likeness (QED) is 0.638. The first-order valence-electron chi connectivity index (χ1n) is 6.81. The zero-order chi connectivity index (χ0) is 15.1. The molecule has 0 unspecified atom stereocenters. The summed E-state index contributed by atoms with van der Waals surface area (Å²) >= 11 is 0. The van der Waals surface area contributed by atoms with Gasteiger partial charge >= 0.3 is 5.97 Å². The van der Waals surface area contributed by atoms with Crippen LogP contribution in [0.15, 0.2) is 18.2 Å². The minimum absolute atomic E-state index is 0.0330. The predicted octanol–water partition coefficient (Wildman–Crippen LogP) is 1.99. The van der Waals surface area contributed by atoms with E-state index in [0.717, 1.165) is 12.0 Å². The second kappa shape index (κ2) is 7.53. The molecule has 1 aromatic carbocycles. The molecule has 0 saturated heterocycles. The SMILES string of the molecule is CCCN(CC(=O)OCC)C(=O)c1cccc(N)c1C. The second-order valence-corrected chi connectivity index (χ2v) is 4.55. The third kappa shape index (κ3) is 3.98. The number of carbonyl (C=O) groups excluding carboxylic acids is 2. The van der Waals surface area contributed by atoms with Crippen LogP contribution in [0.5, 0.6) is 0 Å². The summed E-state index contributed by atoms with van der Waals surface area (Å²) in [5.41, 5.74) is 7.66. The van der Waals surface area contributed by atoms with E-state index in [0.29, 0.717) is 24.4 Å². The van der Waals surface area contributed by atoms with Gasteiger partial charge in [-0.25, -0.2) is 0 Å². The molecular weight excluding hydrogens is 256 g/mol. The maximum Gasteiger partial charge on any atom is 0.325 e. The Morgan fingerprint density at radius 1 is 1.30 bits per heavy atom. The van der Waals surface area contributed by atoms with Gasteiger partial charge in [0.05, 0.1) is 6.61 Å². The third-order valence-electron chi connectivity index (χ3n) is 3.01. The molecule has 0 aliphatic carbocycles. The molecule has 0 aliphatic heterocycles. The van der Waals surface area contributed by atoms with Gasteiger partial charge in [-0.3, -0.25) is 9.59 Å². The van der Waals surface area contributed by atoms with Crippen LogP contribution in [0.1, 0.15) is 36.2 Å². The van der Waals surface area contributed by atoms with Crippen LogP contribution in [0.3, 0.4) is 0 Å². The van der Waals surface area contributed by atoms with Gasteiger partial charge in [0.1, 0.15) is 6.54 Å². The number of rotatable bonds is 6. The normalized spacial score (nSPS) is 10.2. The summed E-state index contributed by atoms with van der Waals surface area (Å²) in [5, 5.41) is 0. The van der Waals surface area contributed by atoms with E-state index in [9.17, 15) is 9.59 Å². The minimum Gasteiger partial charge on any atom is -0.465 e. The number of hydrogen-bond acceptors (Lipinski definition) is 4. The Morgan fingerprint density at radius 2 is 2.00 bits per heavy atom. The van der Waals surface area contributed by atoms with Gasteiger partial charge in [-0.1, -0.05) is 13.0 Å². The molecule has 2 N–H and O–H groups in total. The number of nitrogen functional groups attached to an aromatic ring is 1. The first-order chi connectivity index (χ1) is 9.51. The lowest BCUT2D eigenvalue weighted by atomic mass is 10.1. The van der Waals surface area contributed by atoms with Crippen molar-refractivity contribution in [3.05, 3.63) is 29.3 Å². The molecular formula is C15H22N2O3. The van der Waals surface area contributed by atoms with E-state index >= 15 is 0 Å². The highest BCUT2D eigenvalue weighted by Gasteiger charge is 2.20. The first kappa shape index (κ1) is 16.0. The summed E-state index contributed by atoms with van der Waals surface area (Å²) in [7, 11) is 0. The summed E-state index contributed by atoms with van der Waals surface area (Å²) < 4.78 is 4.90. The van der Waals surface area contributed by atoms with E-state index in [1.165, 1.54) is 4.90 Å². The van der Waals surface area contributed by atoms with Crippen LogP contribution >= 0.6 is 0 Å². The van der Waals surface area contributed by atoms with Gasteiger partial charge in [0, 0.05) is 17.8 Å². The molecule has 0 aliphatic rings. The molecule has 0 radical (unpaired) electrons. The van der Waals surface area contributed by atoms with Gasteiger partial charge in [0.25, 0.3) is 5.91 Å². The summed E-state index contributed by atoms with van der Waals surface area (Å²) in [5.74, 6) is -0.583. The average molecular weight is 278 g/mol. The molecule has 0 bridgehead atoms. The Kier molecular flexibility index (Phi) is 6.03. The standard InChI is InChI=1S/C15H22N2O3/c1-4-9-17(10-14(18)20-5-2)15(19)12-7-6-8-13(16)11(12)3/h6-8H,4-5,9-10,16H2,1-3H3. The maximum atomic E-state index is 12.5. The predicted molar refractivity (Wildman–Crippen MR) is 78.4 cm³/mol. The summed E-state index contributed by atoms with van der Waals surface area (Å²) in [6.45, 7) is 6.28. The number of carbonyl (C=O) groups is 2. The molecule has 1 rings (SSSR count). The molecule has 5 heteroatoms. The van der Waals surface area contributed by atoms with E-state index < -0.39 is 5.97 Å². The van der Waals surface area contributed by atoms with Crippen LogP contribution in [0, 0.1) is 6.92 Å². The molecule has 20 heavy (non-hydrogen) atoms. The molecule has 110 valence electrons. The minimum atomic E-state index is -0.393. The largest absolute Gasteiger partial charge is 0.465 e. The van der Waals surface area contributed by atoms with Gasteiger partial charge < -0.3 is 15.4 Å². The maximum absolute atomic E-state index is 12.5.